The summed E-state index contributed by atoms with van der Waals surface area (Å²) in [6, 6.07) is 9.23. The van der Waals surface area contributed by atoms with E-state index in [2.05, 4.69) is 15.0 Å². The van der Waals surface area contributed by atoms with Gasteiger partial charge in [-0.05, 0) is 30.2 Å². The van der Waals surface area contributed by atoms with Crippen molar-refractivity contribution in [2.45, 2.75) is 25.9 Å². The molecule has 0 unspecified atom stereocenters. The van der Waals surface area contributed by atoms with Crippen molar-refractivity contribution in [3.63, 3.8) is 0 Å². The quantitative estimate of drug-likeness (QED) is 0.639. The number of pyridine rings is 1. The van der Waals surface area contributed by atoms with E-state index in [9.17, 15) is 18.0 Å². The van der Waals surface area contributed by atoms with Crippen molar-refractivity contribution in [3.05, 3.63) is 75.8 Å². The van der Waals surface area contributed by atoms with Gasteiger partial charge in [0.25, 0.3) is 11.6 Å². The van der Waals surface area contributed by atoms with Crippen LogP contribution in [0.5, 0.6) is 17.6 Å². The van der Waals surface area contributed by atoms with Crippen LogP contribution in [0.15, 0.2) is 53.6 Å². The van der Waals surface area contributed by atoms with Gasteiger partial charge in [0.05, 0.1) is 12.2 Å². The highest BCUT2D eigenvalue weighted by atomic mass is 19.4. The van der Waals surface area contributed by atoms with Crippen LogP contribution in [-0.4, -0.2) is 21.6 Å². The molecule has 0 amide bonds. The molecular formula is C20H18F3N3O3. The lowest BCUT2D eigenvalue weighted by atomic mass is 10.1. The lowest BCUT2D eigenvalue weighted by Gasteiger charge is -2.09. The number of aromatic nitrogens is 3. The van der Waals surface area contributed by atoms with Gasteiger partial charge in [-0.2, -0.15) is 13.2 Å². The number of hydrogen-bond acceptors (Lipinski definition) is 5. The molecule has 0 saturated carbocycles. The van der Waals surface area contributed by atoms with Crippen LogP contribution >= 0.6 is 0 Å². The number of alkyl halides is 3. The van der Waals surface area contributed by atoms with E-state index in [1.807, 2.05) is 6.92 Å². The molecule has 0 atom stereocenters. The van der Waals surface area contributed by atoms with Crippen molar-refractivity contribution < 1.29 is 22.6 Å². The van der Waals surface area contributed by atoms with Crippen LogP contribution in [0.25, 0.3) is 0 Å². The third-order valence-corrected chi connectivity index (χ3v) is 4.07. The SMILES string of the molecule is CCc1cnc(OCCc2ccc(Oc3ccc(C(F)(F)F)cn3)cc2)[nH]c1=O. The largest absolute Gasteiger partial charge is 0.464 e. The lowest BCUT2D eigenvalue weighted by molar-refractivity contribution is -0.137. The van der Waals surface area contributed by atoms with E-state index >= 15 is 0 Å². The molecule has 0 bridgehead atoms. The van der Waals surface area contributed by atoms with Crippen LogP contribution in [-0.2, 0) is 19.0 Å². The first-order valence-electron chi connectivity index (χ1n) is 8.86. The Morgan fingerprint density at radius 1 is 1.03 bits per heavy atom. The second-order valence-electron chi connectivity index (χ2n) is 6.12. The number of hydrogen-bond donors (Lipinski definition) is 1. The van der Waals surface area contributed by atoms with Gasteiger partial charge in [0, 0.05) is 30.4 Å². The standard InChI is InChI=1S/C20H18F3N3O3/c1-2-14-11-25-19(26-18(14)27)28-10-9-13-3-6-16(7-4-13)29-17-8-5-15(12-24-17)20(21,22)23/h3-8,11-12H,2,9-10H2,1H3,(H,25,26,27). The summed E-state index contributed by atoms with van der Waals surface area (Å²) in [5.74, 6) is 0.516. The summed E-state index contributed by atoms with van der Waals surface area (Å²) in [4.78, 5) is 22.0. The Kier molecular flexibility index (Phi) is 6.16. The molecule has 29 heavy (non-hydrogen) atoms. The highest BCUT2D eigenvalue weighted by Crippen LogP contribution is 2.30. The molecule has 0 saturated heterocycles. The van der Waals surface area contributed by atoms with E-state index in [0.717, 1.165) is 17.8 Å². The molecule has 0 aliphatic heterocycles. The maximum absolute atomic E-state index is 12.5. The molecule has 1 aromatic carbocycles. The number of rotatable bonds is 7. The van der Waals surface area contributed by atoms with E-state index in [0.29, 0.717) is 30.8 Å². The minimum atomic E-state index is -4.43. The first kappa shape index (κ1) is 20.4. The number of H-pyrrole nitrogens is 1. The van der Waals surface area contributed by atoms with Gasteiger partial charge in [0.15, 0.2) is 0 Å². The van der Waals surface area contributed by atoms with Crippen molar-refractivity contribution in [1.82, 2.24) is 15.0 Å². The Labute approximate surface area is 164 Å². The highest BCUT2D eigenvalue weighted by molar-refractivity contribution is 5.31. The zero-order valence-electron chi connectivity index (χ0n) is 15.5. The van der Waals surface area contributed by atoms with Crippen molar-refractivity contribution in [2.75, 3.05) is 6.61 Å². The fraction of sp³-hybridized carbons (Fsp3) is 0.250. The predicted molar refractivity (Wildman–Crippen MR) is 99.2 cm³/mol. The van der Waals surface area contributed by atoms with E-state index in [-0.39, 0.29) is 17.4 Å². The Morgan fingerprint density at radius 2 is 1.79 bits per heavy atom. The van der Waals surface area contributed by atoms with Crippen LogP contribution in [0.3, 0.4) is 0 Å². The molecule has 152 valence electrons. The summed E-state index contributed by atoms with van der Waals surface area (Å²) < 4.78 is 48.5. The van der Waals surface area contributed by atoms with Crippen LogP contribution in [0.4, 0.5) is 13.2 Å². The van der Waals surface area contributed by atoms with Crippen LogP contribution in [0.2, 0.25) is 0 Å². The molecule has 0 fully saturated rings. The average molecular weight is 405 g/mol. The Hall–Kier alpha value is -3.36. The molecule has 0 radical (unpaired) electrons. The van der Waals surface area contributed by atoms with Crippen LogP contribution in [0, 0.1) is 0 Å². The molecule has 2 aromatic heterocycles. The first-order chi connectivity index (χ1) is 13.8. The summed E-state index contributed by atoms with van der Waals surface area (Å²) in [6.07, 6.45) is -1.05. The Balaban J connectivity index is 1.52. The number of nitrogens with one attached hydrogen (secondary N) is 1. The van der Waals surface area contributed by atoms with Gasteiger partial charge in [0.1, 0.15) is 5.75 Å². The van der Waals surface area contributed by atoms with E-state index in [1.165, 1.54) is 12.3 Å². The van der Waals surface area contributed by atoms with E-state index < -0.39 is 11.7 Å². The van der Waals surface area contributed by atoms with Gasteiger partial charge in [-0.1, -0.05) is 19.1 Å². The Bertz CT molecular complexity index is 1000. The van der Waals surface area contributed by atoms with Crippen molar-refractivity contribution in [1.29, 1.82) is 0 Å². The number of aryl methyl sites for hydroxylation is 1. The number of ether oxygens (including phenoxy) is 2. The summed E-state index contributed by atoms with van der Waals surface area (Å²) in [5, 5.41) is 0. The molecule has 3 rings (SSSR count). The van der Waals surface area contributed by atoms with Gasteiger partial charge < -0.3 is 9.47 Å². The zero-order chi connectivity index (χ0) is 20.9. The number of aromatic amines is 1. The van der Waals surface area contributed by atoms with E-state index in [1.54, 1.807) is 24.3 Å². The monoisotopic (exact) mass is 405 g/mol. The molecular weight excluding hydrogens is 387 g/mol. The van der Waals surface area contributed by atoms with Crippen LogP contribution in [0.1, 0.15) is 23.6 Å². The normalized spacial score (nSPS) is 11.3. The second-order valence-corrected chi connectivity index (χ2v) is 6.12. The maximum Gasteiger partial charge on any atom is 0.417 e. The van der Waals surface area contributed by atoms with E-state index in [4.69, 9.17) is 9.47 Å². The number of benzene rings is 1. The van der Waals surface area contributed by atoms with Gasteiger partial charge in [-0.25, -0.2) is 9.97 Å². The maximum atomic E-state index is 12.5. The van der Waals surface area contributed by atoms with Crippen molar-refractivity contribution >= 4 is 0 Å². The lowest BCUT2D eigenvalue weighted by Crippen LogP contribution is -2.15. The minimum absolute atomic E-state index is 0.0691. The predicted octanol–water partition coefficient (Wildman–Crippen LogP) is 4.16. The zero-order valence-corrected chi connectivity index (χ0v) is 15.5. The molecule has 3 aromatic rings. The summed E-state index contributed by atoms with van der Waals surface area (Å²) in [6.45, 7) is 2.18. The number of halogens is 3. The summed E-state index contributed by atoms with van der Waals surface area (Å²) in [5.41, 5.74) is 0.497. The average Bonchev–Trinajstić information content (AvgIpc) is 2.69. The first-order valence-corrected chi connectivity index (χ1v) is 8.86. The second kappa shape index (κ2) is 8.76. The van der Waals surface area contributed by atoms with Crippen molar-refractivity contribution in [2.24, 2.45) is 0 Å². The third-order valence-electron chi connectivity index (χ3n) is 4.07. The van der Waals surface area contributed by atoms with Gasteiger partial charge in [-0.15, -0.1) is 0 Å². The number of nitrogens with zero attached hydrogens (tertiary/aromatic N) is 2. The molecule has 9 heteroatoms. The van der Waals surface area contributed by atoms with Crippen LogP contribution < -0.4 is 15.0 Å². The molecule has 2 heterocycles. The smallest absolute Gasteiger partial charge is 0.417 e. The molecule has 6 nitrogen and oxygen atoms in total. The minimum Gasteiger partial charge on any atom is -0.464 e. The van der Waals surface area contributed by atoms with Crippen molar-refractivity contribution in [3.8, 4) is 17.6 Å². The van der Waals surface area contributed by atoms with Gasteiger partial charge >= 0.3 is 6.18 Å². The fourth-order valence-electron chi connectivity index (χ4n) is 2.45. The Morgan fingerprint density at radius 3 is 2.38 bits per heavy atom. The summed E-state index contributed by atoms with van der Waals surface area (Å²) in [7, 11) is 0. The summed E-state index contributed by atoms with van der Waals surface area (Å²) >= 11 is 0. The highest BCUT2D eigenvalue weighted by Gasteiger charge is 2.30. The fourth-order valence-corrected chi connectivity index (χ4v) is 2.45. The topological polar surface area (TPSA) is 77.1 Å². The molecule has 0 aliphatic carbocycles. The molecule has 0 aliphatic rings. The molecule has 1 N–H and O–H groups in total. The van der Waals surface area contributed by atoms with Gasteiger partial charge in [0.2, 0.25) is 5.88 Å². The van der Waals surface area contributed by atoms with Gasteiger partial charge in [-0.3, -0.25) is 9.78 Å². The third kappa shape index (κ3) is 5.56. The molecule has 0 spiro atoms.